The van der Waals surface area contributed by atoms with E-state index in [4.69, 9.17) is 0 Å². The number of carbonyl (C=O) groups is 2. The molecule has 5 heteroatoms. The Balaban J connectivity index is 1.87. The van der Waals surface area contributed by atoms with E-state index in [0.717, 1.165) is 5.56 Å². The molecule has 0 bridgehead atoms. The van der Waals surface area contributed by atoms with Crippen molar-refractivity contribution in [1.29, 1.82) is 0 Å². The van der Waals surface area contributed by atoms with Gasteiger partial charge in [0.25, 0.3) is 0 Å². The number of hydrogen-bond donors (Lipinski definition) is 2. The van der Waals surface area contributed by atoms with E-state index in [1.807, 2.05) is 37.3 Å². The number of para-hydroxylation sites is 1. The lowest BCUT2D eigenvalue weighted by atomic mass is 10.1. The number of halogens is 1. The standard InChI is InChI=1S/C17H17FN2O2/c1-12(13-7-3-2-4-8-13)19-16(21)11-17(22)20-15-10-6-5-9-14(15)18/h2-10,12H,11H2,1H3,(H,19,21)(H,20,22)/t12-/m1/s1. The van der Waals surface area contributed by atoms with Crippen molar-refractivity contribution in [3.63, 3.8) is 0 Å². The molecule has 0 spiro atoms. The van der Waals surface area contributed by atoms with Crippen LogP contribution in [0.3, 0.4) is 0 Å². The Bertz CT molecular complexity index is 659. The minimum absolute atomic E-state index is 0.0661. The fourth-order valence-electron chi connectivity index (χ4n) is 2.02. The third-order valence-corrected chi connectivity index (χ3v) is 3.15. The first-order chi connectivity index (χ1) is 10.6. The van der Waals surface area contributed by atoms with E-state index >= 15 is 0 Å². The van der Waals surface area contributed by atoms with Crippen molar-refractivity contribution < 1.29 is 14.0 Å². The number of amides is 2. The number of carbonyl (C=O) groups excluding carboxylic acids is 2. The zero-order valence-electron chi connectivity index (χ0n) is 12.2. The SMILES string of the molecule is C[C@@H](NC(=O)CC(=O)Nc1ccccc1F)c1ccccc1. The highest BCUT2D eigenvalue weighted by molar-refractivity contribution is 6.03. The molecule has 0 aromatic heterocycles. The van der Waals surface area contributed by atoms with Crippen molar-refractivity contribution in [3.8, 4) is 0 Å². The van der Waals surface area contributed by atoms with Crippen LogP contribution in [-0.4, -0.2) is 11.8 Å². The molecule has 0 heterocycles. The lowest BCUT2D eigenvalue weighted by molar-refractivity contribution is -0.127. The Hall–Kier alpha value is -2.69. The van der Waals surface area contributed by atoms with Gasteiger partial charge in [0.2, 0.25) is 11.8 Å². The van der Waals surface area contributed by atoms with E-state index in [1.165, 1.54) is 18.2 Å². The molecule has 114 valence electrons. The smallest absolute Gasteiger partial charge is 0.233 e. The van der Waals surface area contributed by atoms with Crippen molar-refractivity contribution in [2.75, 3.05) is 5.32 Å². The fourth-order valence-corrected chi connectivity index (χ4v) is 2.02. The summed E-state index contributed by atoms with van der Waals surface area (Å²) in [6.07, 6.45) is -0.356. The van der Waals surface area contributed by atoms with Gasteiger partial charge in [-0.1, -0.05) is 42.5 Å². The molecule has 0 radical (unpaired) electrons. The normalized spacial score (nSPS) is 11.5. The maximum absolute atomic E-state index is 13.4. The molecule has 2 rings (SSSR count). The Morgan fingerprint density at radius 2 is 1.64 bits per heavy atom. The van der Waals surface area contributed by atoms with Gasteiger partial charge < -0.3 is 10.6 Å². The third-order valence-electron chi connectivity index (χ3n) is 3.15. The molecule has 0 aliphatic rings. The topological polar surface area (TPSA) is 58.2 Å². The van der Waals surface area contributed by atoms with Gasteiger partial charge in [0.1, 0.15) is 12.2 Å². The van der Waals surface area contributed by atoms with E-state index < -0.39 is 17.6 Å². The average molecular weight is 300 g/mol. The van der Waals surface area contributed by atoms with Crippen LogP contribution in [0.25, 0.3) is 0 Å². The Morgan fingerprint density at radius 1 is 1.00 bits per heavy atom. The number of rotatable bonds is 5. The number of benzene rings is 2. The summed E-state index contributed by atoms with van der Waals surface area (Å²) in [5.74, 6) is -1.50. The van der Waals surface area contributed by atoms with Crippen LogP contribution in [0.15, 0.2) is 54.6 Å². The highest BCUT2D eigenvalue weighted by Crippen LogP contribution is 2.13. The molecule has 0 aliphatic heterocycles. The van der Waals surface area contributed by atoms with E-state index in [1.54, 1.807) is 6.07 Å². The van der Waals surface area contributed by atoms with Gasteiger partial charge in [0.15, 0.2) is 0 Å². The number of nitrogens with one attached hydrogen (secondary N) is 2. The van der Waals surface area contributed by atoms with Crippen LogP contribution in [0.4, 0.5) is 10.1 Å². The summed E-state index contributed by atoms with van der Waals surface area (Å²) >= 11 is 0. The summed E-state index contributed by atoms with van der Waals surface area (Å²) in [5, 5.41) is 5.11. The Kier molecular flexibility index (Phi) is 5.25. The van der Waals surface area contributed by atoms with Gasteiger partial charge >= 0.3 is 0 Å². The minimum Gasteiger partial charge on any atom is -0.349 e. The third kappa shape index (κ3) is 4.41. The predicted molar refractivity (Wildman–Crippen MR) is 82.6 cm³/mol. The monoisotopic (exact) mass is 300 g/mol. The van der Waals surface area contributed by atoms with Crippen LogP contribution in [0, 0.1) is 5.82 Å². The molecule has 2 amide bonds. The van der Waals surface area contributed by atoms with Crippen LogP contribution in [0.1, 0.15) is 24.9 Å². The van der Waals surface area contributed by atoms with Crippen molar-refractivity contribution >= 4 is 17.5 Å². The van der Waals surface area contributed by atoms with Crippen LogP contribution >= 0.6 is 0 Å². The maximum Gasteiger partial charge on any atom is 0.233 e. The lowest BCUT2D eigenvalue weighted by Crippen LogP contribution is -2.30. The minimum atomic E-state index is -0.553. The largest absolute Gasteiger partial charge is 0.349 e. The summed E-state index contributed by atoms with van der Waals surface area (Å²) in [5.41, 5.74) is 1.02. The van der Waals surface area contributed by atoms with Gasteiger partial charge in [-0.25, -0.2) is 4.39 Å². The maximum atomic E-state index is 13.4. The summed E-state index contributed by atoms with van der Waals surface area (Å²) in [7, 11) is 0. The highest BCUT2D eigenvalue weighted by atomic mass is 19.1. The molecule has 2 N–H and O–H groups in total. The van der Waals surface area contributed by atoms with Gasteiger partial charge in [-0.2, -0.15) is 0 Å². The van der Waals surface area contributed by atoms with Crippen molar-refractivity contribution in [3.05, 3.63) is 66.0 Å². The van der Waals surface area contributed by atoms with Crippen LogP contribution in [-0.2, 0) is 9.59 Å². The summed E-state index contributed by atoms with van der Waals surface area (Å²) in [6.45, 7) is 1.84. The van der Waals surface area contributed by atoms with E-state index in [2.05, 4.69) is 10.6 Å². The second kappa shape index (κ2) is 7.36. The molecular formula is C17H17FN2O2. The van der Waals surface area contributed by atoms with Gasteiger partial charge in [0.05, 0.1) is 11.7 Å². The van der Waals surface area contributed by atoms with Gasteiger partial charge in [0, 0.05) is 0 Å². The molecule has 0 fully saturated rings. The lowest BCUT2D eigenvalue weighted by Gasteiger charge is -2.14. The summed E-state index contributed by atoms with van der Waals surface area (Å²) < 4.78 is 13.4. The van der Waals surface area contributed by atoms with Crippen molar-refractivity contribution in [2.45, 2.75) is 19.4 Å². The van der Waals surface area contributed by atoms with Crippen LogP contribution in [0.5, 0.6) is 0 Å². The fraction of sp³-hybridized carbons (Fsp3) is 0.176. The molecule has 2 aromatic carbocycles. The van der Waals surface area contributed by atoms with E-state index in [-0.39, 0.29) is 18.2 Å². The van der Waals surface area contributed by atoms with Crippen LogP contribution < -0.4 is 10.6 Å². The second-order valence-electron chi connectivity index (χ2n) is 4.90. The van der Waals surface area contributed by atoms with Gasteiger partial charge in [-0.15, -0.1) is 0 Å². The number of hydrogen-bond acceptors (Lipinski definition) is 2. The van der Waals surface area contributed by atoms with Gasteiger partial charge in [-0.3, -0.25) is 9.59 Å². The molecular weight excluding hydrogens is 283 g/mol. The molecule has 4 nitrogen and oxygen atoms in total. The first-order valence-electron chi connectivity index (χ1n) is 6.95. The van der Waals surface area contributed by atoms with Crippen molar-refractivity contribution in [2.24, 2.45) is 0 Å². The summed E-state index contributed by atoms with van der Waals surface area (Å²) in [6, 6.07) is 15.1. The van der Waals surface area contributed by atoms with E-state index in [0.29, 0.717) is 0 Å². The molecule has 2 aromatic rings. The summed E-state index contributed by atoms with van der Waals surface area (Å²) in [4.78, 5) is 23.6. The van der Waals surface area contributed by atoms with Crippen molar-refractivity contribution in [1.82, 2.24) is 5.32 Å². The molecule has 22 heavy (non-hydrogen) atoms. The molecule has 0 saturated heterocycles. The number of anilines is 1. The Labute approximate surface area is 128 Å². The zero-order valence-corrected chi connectivity index (χ0v) is 12.2. The molecule has 0 saturated carbocycles. The molecule has 1 atom stereocenters. The predicted octanol–water partition coefficient (Wildman–Crippen LogP) is 3.03. The zero-order chi connectivity index (χ0) is 15.9. The average Bonchev–Trinajstić information content (AvgIpc) is 2.50. The van der Waals surface area contributed by atoms with Crippen LogP contribution in [0.2, 0.25) is 0 Å². The quantitative estimate of drug-likeness (QED) is 0.834. The molecule has 0 unspecified atom stereocenters. The van der Waals surface area contributed by atoms with Gasteiger partial charge in [-0.05, 0) is 24.6 Å². The first kappa shape index (κ1) is 15.7. The Morgan fingerprint density at radius 3 is 2.32 bits per heavy atom. The highest BCUT2D eigenvalue weighted by Gasteiger charge is 2.14. The van der Waals surface area contributed by atoms with E-state index in [9.17, 15) is 14.0 Å². The first-order valence-corrected chi connectivity index (χ1v) is 6.95. The second-order valence-corrected chi connectivity index (χ2v) is 4.90. The molecule has 0 aliphatic carbocycles.